The summed E-state index contributed by atoms with van der Waals surface area (Å²) in [5.74, 6) is 2.15. The van der Waals surface area contributed by atoms with Crippen LogP contribution in [0, 0.1) is 0 Å². The average Bonchev–Trinajstić information content (AvgIpc) is 2.91. The number of fused-ring (bicyclic) bond motifs is 5. The summed E-state index contributed by atoms with van der Waals surface area (Å²) in [5, 5.41) is 23.1. The lowest BCUT2D eigenvalue weighted by Gasteiger charge is -2.37. The minimum absolute atomic E-state index is 0. The van der Waals surface area contributed by atoms with Gasteiger partial charge in [0.15, 0.2) is 11.5 Å². The van der Waals surface area contributed by atoms with Gasteiger partial charge in [0.2, 0.25) is 0 Å². The van der Waals surface area contributed by atoms with Gasteiger partial charge in [0.1, 0.15) is 11.5 Å². The van der Waals surface area contributed by atoms with Crippen molar-refractivity contribution in [2.75, 3.05) is 0 Å². The monoisotopic (exact) mass is 321 g/mol. The van der Waals surface area contributed by atoms with E-state index in [4.69, 9.17) is 4.42 Å². The molecule has 0 spiro atoms. The van der Waals surface area contributed by atoms with Crippen molar-refractivity contribution in [2.45, 2.75) is 44.7 Å². The summed E-state index contributed by atoms with van der Waals surface area (Å²) in [7, 11) is 0. The molecule has 2 aliphatic rings. The van der Waals surface area contributed by atoms with Crippen molar-refractivity contribution in [3.8, 4) is 11.5 Å². The van der Waals surface area contributed by atoms with Gasteiger partial charge in [-0.3, -0.25) is 0 Å². The van der Waals surface area contributed by atoms with Crippen molar-refractivity contribution < 1.29 is 14.6 Å². The molecule has 2 atom stereocenters. The van der Waals surface area contributed by atoms with Gasteiger partial charge >= 0.3 is 0 Å². The molecule has 1 aromatic heterocycles. The molecule has 0 saturated carbocycles. The van der Waals surface area contributed by atoms with Gasteiger partial charge in [-0.25, -0.2) is 0 Å². The van der Waals surface area contributed by atoms with E-state index in [1.165, 1.54) is 5.56 Å². The van der Waals surface area contributed by atoms with Crippen LogP contribution < -0.4 is 5.32 Å². The number of nitrogens with one attached hydrogen (secondary N) is 1. The Hall–Kier alpha value is -1.65. The smallest absolute Gasteiger partial charge is 0.157 e. The first-order chi connectivity index (χ1) is 10.2. The predicted octanol–water partition coefficient (Wildman–Crippen LogP) is 3.22. The summed E-state index contributed by atoms with van der Waals surface area (Å²) in [6.07, 6.45) is 2.84. The molecule has 22 heavy (non-hydrogen) atoms. The minimum Gasteiger partial charge on any atom is -0.504 e. The van der Waals surface area contributed by atoms with Crippen LogP contribution >= 0.6 is 12.4 Å². The predicted molar refractivity (Wildman–Crippen MR) is 85.9 cm³/mol. The van der Waals surface area contributed by atoms with Crippen LogP contribution in [0.5, 0.6) is 11.5 Å². The molecule has 0 amide bonds. The quantitative estimate of drug-likeness (QED) is 0.706. The molecule has 0 fully saturated rings. The van der Waals surface area contributed by atoms with E-state index in [-0.39, 0.29) is 29.8 Å². The summed E-state index contributed by atoms with van der Waals surface area (Å²) in [6.45, 7) is 2.86. The van der Waals surface area contributed by atoms with Gasteiger partial charge in [-0.2, -0.15) is 0 Å². The number of furan rings is 1. The highest BCUT2D eigenvalue weighted by molar-refractivity contribution is 5.85. The summed E-state index contributed by atoms with van der Waals surface area (Å²) >= 11 is 0. The Bertz CT molecular complexity index is 710. The normalized spacial score (nSPS) is 22.2. The zero-order valence-corrected chi connectivity index (χ0v) is 13.2. The second kappa shape index (κ2) is 5.52. The Morgan fingerprint density at radius 2 is 1.95 bits per heavy atom. The molecule has 1 aromatic carbocycles. The van der Waals surface area contributed by atoms with E-state index in [0.717, 1.165) is 48.5 Å². The first kappa shape index (κ1) is 15.3. The highest BCUT2D eigenvalue weighted by Gasteiger charge is 2.37. The summed E-state index contributed by atoms with van der Waals surface area (Å²) < 4.78 is 5.90. The Balaban J connectivity index is 0.00000144. The molecule has 2 aromatic rings. The zero-order valence-electron chi connectivity index (χ0n) is 12.4. The molecule has 118 valence electrons. The van der Waals surface area contributed by atoms with Gasteiger partial charge in [0, 0.05) is 23.9 Å². The molecule has 4 nitrogen and oxygen atoms in total. The van der Waals surface area contributed by atoms with Crippen molar-refractivity contribution in [1.29, 1.82) is 0 Å². The Kier molecular flexibility index (Phi) is 3.83. The van der Waals surface area contributed by atoms with Crippen LogP contribution in [0.1, 0.15) is 47.5 Å². The van der Waals surface area contributed by atoms with E-state index in [2.05, 4.69) is 18.3 Å². The third-order valence-electron chi connectivity index (χ3n) is 4.80. The highest BCUT2D eigenvalue weighted by Crippen LogP contribution is 2.44. The van der Waals surface area contributed by atoms with Crippen LogP contribution in [-0.2, 0) is 19.4 Å². The lowest BCUT2D eigenvalue weighted by atomic mass is 9.74. The molecule has 0 bridgehead atoms. The standard InChI is InChI=1S/C17H19NO3.ClH/c1-2-10-6-12-16(21-10)8-18-13-4-3-9-5-14(19)15(20)7-11(9)17(12)13;/h5-7,13,17-20H,2-4,8H2,1H3;1H. The number of phenols is 2. The molecule has 1 aliphatic carbocycles. The van der Waals surface area contributed by atoms with Crippen molar-refractivity contribution in [2.24, 2.45) is 0 Å². The van der Waals surface area contributed by atoms with Gasteiger partial charge < -0.3 is 19.9 Å². The van der Waals surface area contributed by atoms with Crippen LogP contribution in [-0.4, -0.2) is 16.3 Å². The van der Waals surface area contributed by atoms with Gasteiger partial charge in [-0.15, -0.1) is 12.4 Å². The van der Waals surface area contributed by atoms with Crippen molar-refractivity contribution in [1.82, 2.24) is 5.32 Å². The molecule has 1 aliphatic heterocycles. The van der Waals surface area contributed by atoms with E-state index >= 15 is 0 Å². The number of phenolic OH excluding ortho intramolecular Hbond substituents is 2. The van der Waals surface area contributed by atoms with E-state index in [0.29, 0.717) is 6.04 Å². The number of rotatable bonds is 1. The van der Waals surface area contributed by atoms with Crippen LogP contribution in [0.25, 0.3) is 0 Å². The third kappa shape index (κ3) is 2.18. The van der Waals surface area contributed by atoms with Crippen molar-refractivity contribution in [3.05, 3.63) is 46.4 Å². The van der Waals surface area contributed by atoms with Crippen molar-refractivity contribution in [3.63, 3.8) is 0 Å². The van der Waals surface area contributed by atoms with Crippen LogP contribution in [0.2, 0.25) is 0 Å². The number of aromatic hydroxyl groups is 2. The van der Waals surface area contributed by atoms with Gasteiger partial charge in [-0.05, 0) is 42.2 Å². The Morgan fingerprint density at radius 1 is 1.18 bits per heavy atom. The minimum atomic E-state index is -0.0410. The van der Waals surface area contributed by atoms with E-state index in [1.54, 1.807) is 12.1 Å². The fourth-order valence-electron chi connectivity index (χ4n) is 3.74. The molecule has 0 radical (unpaired) electrons. The Morgan fingerprint density at radius 3 is 2.73 bits per heavy atom. The summed E-state index contributed by atoms with van der Waals surface area (Å²) in [6, 6.07) is 5.95. The second-order valence-corrected chi connectivity index (χ2v) is 5.99. The highest BCUT2D eigenvalue weighted by atomic mass is 35.5. The molecule has 5 heteroatoms. The van der Waals surface area contributed by atoms with Crippen LogP contribution in [0.3, 0.4) is 0 Å². The molecule has 3 N–H and O–H groups in total. The third-order valence-corrected chi connectivity index (χ3v) is 4.80. The topological polar surface area (TPSA) is 65.6 Å². The van der Waals surface area contributed by atoms with E-state index in [9.17, 15) is 10.2 Å². The molecular weight excluding hydrogens is 302 g/mol. The summed E-state index contributed by atoms with van der Waals surface area (Å²) in [5.41, 5.74) is 3.47. The van der Waals surface area contributed by atoms with Crippen molar-refractivity contribution >= 4 is 12.4 Å². The maximum absolute atomic E-state index is 9.87. The van der Waals surface area contributed by atoms with E-state index < -0.39 is 0 Å². The molecule has 0 saturated heterocycles. The van der Waals surface area contributed by atoms with E-state index in [1.807, 2.05) is 0 Å². The number of halogens is 1. The molecule has 4 rings (SSSR count). The average molecular weight is 322 g/mol. The number of benzene rings is 1. The second-order valence-electron chi connectivity index (χ2n) is 5.99. The number of hydrogen-bond donors (Lipinski definition) is 3. The first-order valence-electron chi connectivity index (χ1n) is 7.57. The number of aryl methyl sites for hydroxylation is 2. The molecular formula is C17H20ClNO3. The molecule has 2 unspecified atom stereocenters. The summed E-state index contributed by atoms with van der Waals surface area (Å²) in [4.78, 5) is 0. The SMILES string of the molecule is CCc1cc2c(o1)CNC1CCc3cc(O)c(O)cc3C21.Cl. The zero-order chi connectivity index (χ0) is 14.6. The van der Waals surface area contributed by atoms with Crippen LogP contribution in [0.4, 0.5) is 0 Å². The van der Waals surface area contributed by atoms with Crippen LogP contribution in [0.15, 0.2) is 22.6 Å². The maximum atomic E-state index is 9.87. The van der Waals surface area contributed by atoms with Gasteiger partial charge in [-0.1, -0.05) is 6.92 Å². The van der Waals surface area contributed by atoms with Gasteiger partial charge in [0.05, 0.1) is 6.54 Å². The Labute approximate surface area is 135 Å². The lowest BCUT2D eigenvalue weighted by Crippen LogP contribution is -2.42. The lowest BCUT2D eigenvalue weighted by molar-refractivity contribution is 0.347. The fourth-order valence-corrected chi connectivity index (χ4v) is 3.74. The molecule has 2 heterocycles. The van der Waals surface area contributed by atoms with Gasteiger partial charge in [0.25, 0.3) is 0 Å². The maximum Gasteiger partial charge on any atom is 0.157 e. The largest absolute Gasteiger partial charge is 0.504 e. The first-order valence-corrected chi connectivity index (χ1v) is 7.57. The fraction of sp³-hybridized carbons (Fsp3) is 0.412. The number of hydrogen-bond acceptors (Lipinski definition) is 4.